The van der Waals surface area contributed by atoms with Crippen molar-refractivity contribution in [1.29, 1.82) is 0 Å². The number of rotatable bonds is 3. The molecule has 0 radical (unpaired) electrons. The molecule has 1 aromatic rings. The van der Waals surface area contributed by atoms with Crippen LogP contribution in [0.15, 0.2) is 30.9 Å². The second-order valence-electron chi connectivity index (χ2n) is 4.41. The van der Waals surface area contributed by atoms with Gasteiger partial charge in [-0.3, -0.25) is 0 Å². The van der Waals surface area contributed by atoms with Gasteiger partial charge in [0.05, 0.1) is 0 Å². The maximum absolute atomic E-state index is 3.84. The molecule has 0 amide bonds. The Bertz CT molecular complexity index is 345. The zero-order chi connectivity index (χ0) is 10.1. The van der Waals surface area contributed by atoms with Crippen molar-refractivity contribution in [1.82, 2.24) is 0 Å². The molecule has 1 aromatic carbocycles. The van der Waals surface area contributed by atoms with Gasteiger partial charge in [0.25, 0.3) is 0 Å². The first-order valence-corrected chi connectivity index (χ1v) is 5.45. The summed E-state index contributed by atoms with van der Waals surface area (Å²) in [4.78, 5) is 0. The maximum Gasteiger partial charge on any atom is -0.00130 e. The van der Waals surface area contributed by atoms with Gasteiger partial charge in [0.15, 0.2) is 0 Å². The third-order valence-electron chi connectivity index (χ3n) is 3.19. The Morgan fingerprint density at radius 1 is 1.43 bits per heavy atom. The van der Waals surface area contributed by atoms with Crippen molar-refractivity contribution in [3.8, 4) is 0 Å². The van der Waals surface area contributed by atoms with E-state index in [4.69, 9.17) is 0 Å². The Morgan fingerprint density at radius 3 is 2.64 bits per heavy atom. The summed E-state index contributed by atoms with van der Waals surface area (Å²) in [6.07, 6.45) is 4.78. The molecule has 1 aliphatic rings. The van der Waals surface area contributed by atoms with Crippen molar-refractivity contribution in [3.05, 3.63) is 47.5 Å². The molecule has 14 heavy (non-hydrogen) atoms. The van der Waals surface area contributed by atoms with Crippen molar-refractivity contribution >= 4 is 0 Å². The largest absolute Gasteiger partial charge is 0.102 e. The molecular weight excluding hydrogens is 168 g/mol. The van der Waals surface area contributed by atoms with Gasteiger partial charge in [0, 0.05) is 0 Å². The molecule has 0 aromatic heterocycles. The van der Waals surface area contributed by atoms with E-state index in [0.29, 0.717) is 5.92 Å². The van der Waals surface area contributed by atoms with Crippen LogP contribution in [0.1, 0.15) is 48.3 Å². The van der Waals surface area contributed by atoms with E-state index in [1.165, 1.54) is 24.0 Å². The molecule has 0 saturated heterocycles. The fourth-order valence-corrected chi connectivity index (χ4v) is 1.97. The highest BCUT2D eigenvalue weighted by molar-refractivity contribution is 5.37. The molecule has 1 atom stereocenters. The minimum atomic E-state index is 0.474. The molecule has 0 heterocycles. The average molecular weight is 186 g/mol. The molecule has 0 aliphatic heterocycles. The summed E-state index contributed by atoms with van der Waals surface area (Å²) in [5, 5.41) is 0. The molecule has 0 spiro atoms. The van der Waals surface area contributed by atoms with Crippen LogP contribution in [0.3, 0.4) is 0 Å². The van der Waals surface area contributed by atoms with Crippen LogP contribution in [0.25, 0.3) is 0 Å². The molecule has 0 heteroatoms. The number of hydrogen-bond acceptors (Lipinski definition) is 0. The van der Waals surface area contributed by atoms with Gasteiger partial charge in [-0.25, -0.2) is 0 Å². The minimum Gasteiger partial charge on any atom is -0.102 e. The lowest BCUT2D eigenvalue weighted by molar-refractivity contribution is 0.959. The van der Waals surface area contributed by atoms with Gasteiger partial charge >= 0.3 is 0 Å². The summed E-state index contributed by atoms with van der Waals surface area (Å²) in [6.45, 7) is 8.26. The summed E-state index contributed by atoms with van der Waals surface area (Å²) in [5.41, 5.74) is 4.41. The quantitative estimate of drug-likeness (QED) is 0.622. The molecule has 0 bridgehead atoms. The second-order valence-corrected chi connectivity index (χ2v) is 4.41. The van der Waals surface area contributed by atoms with Gasteiger partial charge in [-0.1, -0.05) is 31.2 Å². The normalized spacial score (nSPS) is 17.9. The van der Waals surface area contributed by atoms with E-state index in [2.05, 4.69) is 38.6 Å². The summed E-state index contributed by atoms with van der Waals surface area (Å²) >= 11 is 0. The predicted octanol–water partition coefficient (Wildman–Crippen LogP) is 4.16. The van der Waals surface area contributed by atoms with Gasteiger partial charge in [0.1, 0.15) is 0 Å². The van der Waals surface area contributed by atoms with Crippen molar-refractivity contribution in [3.63, 3.8) is 0 Å². The first-order chi connectivity index (χ1) is 6.72. The van der Waals surface area contributed by atoms with Crippen molar-refractivity contribution in [2.75, 3.05) is 0 Å². The zero-order valence-corrected chi connectivity index (χ0v) is 9.09. The second kappa shape index (κ2) is 3.61. The number of hydrogen-bond donors (Lipinski definition) is 0. The maximum atomic E-state index is 3.84. The SMILES string of the molecule is C=CC(C)c1ccc(C2CC2)c(C)c1. The lowest BCUT2D eigenvalue weighted by atomic mass is 9.95. The Kier molecular flexibility index (Phi) is 2.45. The van der Waals surface area contributed by atoms with Crippen molar-refractivity contribution in [2.45, 2.75) is 38.5 Å². The van der Waals surface area contributed by atoms with Gasteiger partial charge in [-0.15, -0.1) is 6.58 Å². The van der Waals surface area contributed by atoms with E-state index in [9.17, 15) is 0 Å². The molecule has 0 N–H and O–H groups in total. The minimum absolute atomic E-state index is 0.474. The monoisotopic (exact) mass is 186 g/mol. The Morgan fingerprint density at radius 2 is 2.14 bits per heavy atom. The van der Waals surface area contributed by atoms with Crippen LogP contribution in [0.4, 0.5) is 0 Å². The van der Waals surface area contributed by atoms with Gasteiger partial charge < -0.3 is 0 Å². The lowest BCUT2D eigenvalue weighted by Crippen LogP contribution is -1.92. The Balaban J connectivity index is 2.29. The summed E-state index contributed by atoms with van der Waals surface area (Å²) < 4.78 is 0. The topological polar surface area (TPSA) is 0 Å². The smallest absolute Gasteiger partial charge is 0.00130 e. The van der Waals surface area contributed by atoms with Crippen molar-refractivity contribution in [2.24, 2.45) is 0 Å². The summed E-state index contributed by atoms with van der Waals surface area (Å²) in [6, 6.07) is 6.88. The van der Waals surface area contributed by atoms with Crippen molar-refractivity contribution < 1.29 is 0 Å². The van der Waals surface area contributed by atoms with Crippen LogP contribution < -0.4 is 0 Å². The first-order valence-electron chi connectivity index (χ1n) is 5.45. The summed E-state index contributed by atoms with van der Waals surface area (Å²) in [5.74, 6) is 1.34. The molecule has 0 nitrogen and oxygen atoms in total. The molecule has 2 rings (SSSR count). The number of allylic oxidation sites excluding steroid dienone is 1. The highest BCUT2D eigenvalue weighted by atomic mass is 14.3. The van der Waals surface area contributed by atoms with E-state index >= 15 is 0 Å². The third kappa shape index (κ3) is 1.75. The Hall–Kier alpha value is -1.04. The van der Waals surface area contributed by atoms with Crippen LogP contribution >= 0.6 is 0 Å². The lowest BCUT2D eigenvalue weighted by Gasteiger charge is -2.10. The molecule has 1 fully saturated rings. The average Bonchev–Trinajstić information content (AvgIpc) is 3.00. The molecular formula is C14H18. The van der Waals surface area contributed by atoms with Gasteiger partial charge in [-0.05, 0) is 48.3 Å². The molecule has 1 saturated carbocycles. The van der Waals surface area contributed by atoms with Crippen LogP contribution in [-0.4, -0.2) is 0 Å². The fraction of sp³-hybridized carbons (Fsp3) is 0.429. The zero-order valence-electron chi connectivity index (χ0n) is 9.09. The van der Waals surface area contributed by atoms with Gasteiger partial charge in [-0.2, -0.15) is 0 Å². The fourth-order valence-electron chi connectivity index (χ4n) is 1.97. The van der Waals surface area contributed by atoms with Crippen LogP contribution in [-0.2, 0) is 0 Å². The third-order valence-corrected chi connectivity index (χ3v) is 3.19. The highest BCUT2D eigenvalue weighted by Gasteiger charge is 2.24. The Labute approximate surface area is 86.7 Å². The van der Waals surface area contributed by atoms with Gasteiger partial charge in [0.2, 0.25) is 0 Å². The number of aryl methyl sites for hydroxylation is 1. The predicted molar refractivity (Wildman–Crippen MR) is 61.8 cm³/mol. The van der Waals surface area contributed by atoms with Crippen LogP contribution in [0.5, 0.6) is 0 Å². The van der Waals surface area contributed by atoms with Crippen LogP contribution in [0.2, 0.25) is 0 Å². The van der Waals surface area contributed by atoms with E-state index < -0.39 is 0 Å². The van der Waals surface area contributed by atoms with Crippen LogP contribution in [0, 0.1) is 6.92 Å². The van der Waals surface area contributed by atoms with E-state index in [1.807, 2.05) is 6.08 Å². The molecule has 1 aliphatic carbocycles. The number of benzene rings is 1. The standard InChI is InChI=1S/C14H18/c1-4-10(2)13-7-8-14(11(3)9-13)12-5-6-12/h4,7-10,12H,1,5-6H2,2-3H3. The molecule has 74 valence electrons. The van der Waals surface area contributed by atoms with E-state index in [0.717, 1.165) is 5.92 Å². The summed E-state index contributed by atoms with van der Waals surface area (Å²) in [7, 11) is 0. The van der Waals surface area contributed by atoms with E-state index in [-0.39, 0.29) is 0 Å². The van der Waals surface area contributed by atoms with E-state index in [1.54, 1.807) is 5.56 Å². The first kappa shape index (κ1) is 9.51. The highest BCUT2D eigenvalue weighted by Crippen LogP contribution is 2.41. The molecule has 1 unspecified atom stereocenters.